The second-order valence-electron chi connectivity index (χ2n) is 19.4. The van der Waals surface area contributed by atoms with Crippen LogP contribution >= 0.6 is 0 Å². The van der Waals surface area contributed by atoms with Gasteiger partial charge in [0.15, 0.2) is 0 Å². The number of carbonyl (C=O) groups excluding carboxylic acids is 5. The first-order valence-corrected chi connectivity index (χ1v) is 27.8. The number of hydrogen-bond donors (Lipinski definition) is 3. The number of carboxylic acid groups (broad SMARTS) is 1. The summed E-state index contributed by atoms with van der Waals surface area (Å²) < 4.78 is 53.8. The molecule has 71 heavy (non-hydrogen) atoms. The fraction of sp³-hybridized carbons (Fsp3) is 0.529. The average Bonchev–Trinajstić information content (AvgIpc) is 3.86. The van der Waals surface area contributed by atoms with E-state index in [0.717, 1.165) is 46.9 Å². The summed E-state index contributed by atoms with van der Waals surface area (Å²) in [6.07, 6.45) is 3.06. The summed E-state index contributed by atoms with van der Waals surface area (Å²) in [5, 5.41) is 15.5. The third kappa shape index (κ3) is 20.5. The molecule has 17 nitrogen and oxygen atoms in total. The molecule has 3 N–H and O–H groups in total. The van der Waals surface area contributed by atoms with Crippen molar-refractivity contribution in [2.75, 3.05) is 92.1 Å². The maximum Gasteiger partial charge on any atom is 0.407 e. The second-order valence-corrected chi connectivity index (χ2v) is 25.0. The van der Waals surface area contributed by atoms with E-state index in [0.29, 0.717) is 63.8 Å². The molecule has 1 aliphatic heterocycles. The van der Waals surface area contributed by atoms with E-state index in [1.165, 1.54) is 4.90 Å². The van der Waals surface area contributed by atoms with E-state index >= 15 is 4.39 Å². The van der Waals surface area contributed by atoms with Crippen molar-refractivity contribution in [3.63, 3.8) is 0 Å². The van der Waals surface area contributed by atoms with E-state index in [9.17, 15) is 38.3 Å². The molecule has 0 spiro atoms. The number of nitrogens with one attached hydrogen (secondary N) is 2. The van der Waals surface area contributed by atoms with Gasteiger partial charge in [0.1, 0.15) is 18.2 Å². The molecular formula is C51H72F2N6O11Si. The van der Waals surface area contributed by atoms with E-state index in [4.69, 9.17) is 18.9 Å². The summed E-state index contributed by atoms with van der Waals surface area (Å²) in [6, 6.07) is 14.9. The SMILES string of the molecule is CC(C)(C)[C@H](c1cc(-c2cc(F)ccc2F)cn1Cc1ccccc1)N(CCCN(CC[Si](C)(C)C)C(=O)O)C(=O)CCC(=O)NCCOCCOCCOCCOCCNC(=O)CN1C(=O)C=CC1=O. The van der Waals surface area contributed by atoms with Gasteiger partial charge in [-0.2, -0.15) is 0 Å². The van der Waals surface area contributed by atoms with Crippen LogP contribution in [0.2, 0.25) is 25.7 Å². The van der Waals surface area contributed by atoms with Crippen LogP contribution in [0.5, 0.6) is 0 Å². The zero-order valence-corrected chi connectivity index (χ0v) is 43.0. The highest BCUT2D eigenvalue weighted by Gasteiger charge is 2.37. The highest BCUT2D eigenvalue weighted by atomic mass is 28.3. The number of ether oxygens (including phenoxy) is 4. The Labute approximate surface area is 416 Å². The van der Waals surface area contributed by atoms with Crippen molar-refractivity contribution in [1.29, 1.82) is 0 Å². The summed E-state index contributed by atoms with van der Waals surface area (Å²) in [6.45, 7) is 16.0. The molecular weight excluding hydrogens is 939 g/mol. The first-order chi connectivity index (χ1) is 33.7. The van der Waals surface area contributed by atoms with Gasteiger partial charge in [-0.3, -0.25) is 28.9 Å². The van der Waals surface area contributed by atoms with Crippen molar-refractivity contribution in [3.05, 3.63) is 95.8 Å². The molecule has 2 heterocycles. The molecule has 0 aliphatic carbocycles. The van der Waals surface area contributed by atoms with Crippen LogP contribution in [-0.2, 0) is 49.5 Å². The fourth-order valence-electron chi connectivity index (χ4n) is 7.74. The summed E-state index contributed by atoms with van der Waals surface area (Å²) in [7, 11) is -1.56. The monoisotopic (exact) mass is 1010 g/mol. The molecule has 0 saturated carbocycles. The van der Waals surface area contributed by atoms with E-state index in [2.05, 4.69) is 30.3 Å². The van der Waals surface area contributed by atoms with Crippen LogP contribution in [0.1, 0.15) is 57.3 Å². The lowest BCUT2D eigenvalue weighted by Crippen LogP contribution is -2.44. The van der Waals surface area contributed by atoms with Crippen LogP contribution < -0.4 is 10.6 Å². The molecule has 0 saturated heterocycles. The highest BCUT2D eigenvalue weighted by molar-refractivity contribution is 6.76. The predicted octanol–water partition coefficient (Wildman–Crippen LogP) is 6.11. The number of benzene rings is 2. The summed E-state index contributed by atoms with van der Waals surface area (Å²) in [5.41, 5.74) is 1.52. The van der Waals surface area contributed by atoms with Crippen molar-refractivity contribution in [3.8, 4) is 11.1 Å². The van der Waals surface area contributed by atoms with E-state index in [1.807, 2.05) is 55.7 Å². The number of amides is 6. The Kier molecular flexibility index (Phi) is 23.5. The lowest BCUT2D eigenvalue weighted by Gasteiger charge is -2.41. The van der Waals surface area contributed by atoms with Crippen LogP contribution in [-0.4, -0.2) is 160 Å². The number of nitrogens with zero attached hydrogens (tertiary/aromatic N) is 4. The Morgan fingerprint density at radius 3 is 1.89 bits per heavy atom. The minimum absolute atomic E-state index is 0.0780. The van der Waals surface area contributed by atoms with Gasteiger partial charge in [0.2, 0.25) is 17.7 Å². The summed E-state index contributed by atoms with van der Waals surface area (Å²) in [4.78, 5) is 78.9. The van der Waals surface area contributed by atoms with Crippen molar-refractivity contribution < 1.29 is 61.6 Å². The lowest BCUT2D eigenvalue weighted by molar-refractivity contribution is -0.141. The molecule has 1 atom stereocenters. The van der Waals surface area contributed by atoms with E-state index < -0.39 is 55.0 Å². The Morgan fingerprint density at radius 1 is 0.746 bits per heavy atom. The quantitative estimate of drug-likeness (QED) is 0.0371. The van der Waals surface area contributed by atoms with Crippen LogP contribution in [0.4, 0.5) is 13.6 Å². The van der Waals surface area contributed by atoms with E-state index in [-0.39, 0.29) is 82.8 Å². The zero-order chi connectivity index (χ0) is 52.0. The number of carbonyl (C=O) groups is 6. The Balaban J connectivity index is 1.27. The van der Waals surface area contributed by atoms with Gasteiger partial charge >= 0.3 is 6.09 Å². The topological polar surface area (TPSA) is 198 Å². The van der Waals surface area contributed by atoms with Gasteiger partial charge in [0, 0.05) is 95.4 Å². The predicted molar refractivity (Wildman–Crippen MR) is 266 cm³/mol. The molecule has 390 valence electrons. The van der Waals surface area contributed by atoms with Crippen molar-refractivity contribution in [1.82, 2.24) is 29.9 Å². The van der Waals surface area contributed by atoms with Crippen molar-refractivity contribution in [2.45, 2.75) is 78.3 Å². The third-order valence-electron chi connectivity index (χ3n) is 11.3. The number of hydrogen-bond acceptors (Lipinski definition) is 10. The molecule has 1 aliphatic rings. The molecule has 3 aromatic rings. The van der Waals surface area contributed by atoms with Gasteiger partial charge in [-0.05, 0) is 47.7 Å². The minimum Gasteiger partial charge on any atom is -0.465 e. The van der Waals surface area contributed by atoms with Gasteiger partial charge in [-0.1, -0.05) is 70.7 Å². The van der Waals surface area contributed by atoms with Crippen LogP contribution in [0.3, 0.4) is 0 Å². The Bertz CT molecular complexity index is 2230. The van der Waals surface area contributed by atoms with Gasteiger partial charge in [-0.15, -0.1) is 0 Å². The highest BCUT2D eigenvalue weighted by Crippen LogP contribution is 2.41. The maximum absolute atomic E-state index is 15.3. The summed E-state index contributed by atoms with van der Waals surface area (Å²) in [5.74, 6) is -3.35. The smallest absolute Gasteiger partial charge is 0.407 e. The first-order valence-electron chi connectivity index (χ1n) is 24.1. The van der Waals surface area contributed by atoms with Gasteiger partial charge < -0.3 is 49.1 Å². The molecule has 1 aromatic heterocycles. The van der Waals surface area contributed by atoms with Gasteiger partial charge in [0.25, 0.3) is 11.8 Å². The summed E-state index contributed by atoms with van der Waals surface area (Å²) >= 11 is 0. The van der Waals surface area contributed by atoms with Crippen LogP contribution in [0.15, 0.2) is 72.9 Å². The molecule has 2 aromatic carbocycles. The van der Waals surface area contributed by atoms with Gasteiger partial charge in [-0.25, -0.2) is 13.6 Å². The largest absolute Gasteiger partial charge is 0.465 e. The minimum atomic E-state index is -1.56. The zero-order valence-electron chi connectivity index (χ0n) is 42.0. The Morgan fingerprint density at radius 2 is 1.32 bits per heavy atom. The van der Waals surface area contributed by atoms with Crippen molar-refractivity contribution >= 4 is 43.7 Å². The lowest BCUT2D eigenvalue weighted by atomic mass is 9.82. The average molecular weight is 1010 g/mol. The number of aromatic nitrogens is 1. The third-order valence-corrected chi connectivity index (χ3v) is 13.1. The standard InChI is InChI=1S/C51H72F2N6O11Si/c1-51(2,3)49(43-33-39(41-34-40(52)13-14-42(41)53)36-57(43)35-38-11-8-7-9-12-38)58(22-10-21-56(50(65)66)23-32-71(4,5)6)46(62)16-15-44(60)54-19-24-67-26-28-69-30-31-70-29-27-68-25-20-55-45(61)37-59-47(63)17-18-48(59)64/h7-9,11-14,17-18,33-34,36,49H,10,15-16,19-32,35,37H2,1-6H3,(H,54,60)(H,55,61)(H,65,66)/t49-/m0/s1. The van der Waals surface area contributed by atoms with Crippen LogP contribution in [0, 0.1) is 17.0 Å². The number of halogens is 2. The van der Waals surface area contributed by atoms with Gasteiger partial charge in [0.05, 0.1) is 58.9 Å². The molecule has 0 radical (unpaired) electrons. The molecule has 4 rings (SSSR count). The Hall–Kier alpha value is -5.80. The molecule has 0 fully saturated rings. The second kappa shape index (κ2) is 28.9. The normalized spacial score (nSPS) is 13.2. The molecule has 6 amide bonds. The molecule has 0 bridgehead atoms. The first kappa shape index (κ1) is 57.8. The molecule has 0 unspecified atom stereocenters. The fourth-order valence-corrected chi connectivity index (χ4v) is 8.68. The van der Waals surface area contributed by atoms with Crippen molar-refractivity contribution in [2.24, 2.45) is 5.41 Å². The maximum atomic E-state index is 15.3. The van der Waals surface area contributed by atoms with E-state index in [1.54, 1.807) is 17.2 Å². The van der Waals surface area contributed by atoms with Crippen LogP contribution in [0.25, 0.3) is 11.1 Å². The number of rotatable bonds is 32. The number of imide groups is 1. The molecule has 20 heteroatoms.